The molecular formula is C10H7F3Se. The van der Waals surface area contributed by atoms with Crippen LogP contribution >= 0.6 is 0 Å². The third kappa shape index (κ3) is 2.19. The van der Waals surface area contributed by atoms with Crippen LogP contribution < -0.4 is 0 Å². The summed E-state index contributed by atoms with van der Waals surface area (Å²) in [4.78, 5) is 0. The van der Waals surface area contributed by atoms with Gasteiger partial charge in [-0.1, -0.05) is 0 Å². The number of fused-ring (bicyclic) bond motifs is 1. The number of hydrogen-bond acceptors (Lipinski definition) is 0. The standard InChI is InChI=1S/C10H7F3Se/c11-10(12,13)14-9-5-7-3-1-2-4-8(7)6-9/h1-5H,6H2. The first-order valence-corrected chi connectivity index (χ1v) is 5.80. The van der Waals surface area contributed by atoms with Crippen molar-refractivity contribution in [2.45, 2.75) is 11.5 Å². The van der Waals surface area contributed by atoms with Crippen molar-refractivity contribution < 1.29 is 13.2 Å². The molecule has 0 amide bonds. The molecule has 0 fully saturated rings. The second kappa shape index (κ2) is 3.44. The molecule has 0 saturated carbocycles. The summed E-state index contributed by atoms with van der Waals surface area (Å²) in [5.41, 5.74) is 1.95. The van der Waals surface area contributed by atoms with E-state index in [2.05, 4.69) is 0 Å². The van der Waals surface area contributed by atoms with Crippen molar-refractivity contribution in [3.63, 3.8) is 0 Å². The predicted octanol–water partition coefficient (Wildman–Crippen LogP) is 2.81. The van der Waals surface area contributed by atoms with Gasteiger partial charge in [-0.3, -0.25) is 0 Å². The number of alkyl halides is 3. The molecule has 4 heteroatoms. The Morgan fingerprint density at radius 2 is 1.86 bits per heavy atom. The first kappa shape index (κ1) is 9.81. The normalized spacial score (nSPS) is 15.2. The molecule has 0 heterocycles. The van der Waals surface area contributed by atoms with Gasteiger partial charge in [0.05, 0.1) is 0 Å². The Morgan fingerprint density at radius 3 is 2.50 bits per heavy atom. The van der Waals surface area contributed by atoms with Crippen LogP contribution in [-0.2, 0) is 6.42 Å². The van der Waals surface area contributed by atoms with Gasteiger partial charge in [0.25, 0.3) is 0 Å². The van der Waals surface area contributed by atoms with E-state index in [0.29, 0.717) is 10.9 Å². The Hall–Kier alpha value is -0.731. The van der Waals surface area contributed by atoms with Crippen LogP contribution in [0.15, 0.2) is 28.7 Å². The van der Waals surface area contributed by atoms with Crippen molar-refractivity contribution in [1.82, 2.24) is 0 Å². The SMILES string of the molecule is FC(F)(F)[Se]C1=Cc2ccccc2C1. The van der Waals surface area contributed by atoms with Crippen molar-refractivity contribution in [1.29, 1.82) is 0 Å². The van der Waals surface area contributed by atoms with Gasteiger partial charge in [0.15, 0.2) is 0 Å². The fraction of sp³-hybridized carbons (Fsp3) is 0.200. The van der Waals surface area contributed by atoms with Crippen LogP contribution in [0.5, 0.6) is 0 Å². The summed E-state index contributed by atoms with van der Waals surface area (Å²) in [5, 5.41) is -4.03. The van der Waals surface area contributed by atoms with E-state index in [-0.39, 0.29) is 0 Å². The van der Waals surface area contributed by atoms with Crippen LogP contribution in [0.1, 0.15) is 11.1 Å². The first-order chi connectivity index (χ1) is 6.54. The Labute approximate surface area is 86.0 Å². The number of rotatable bonds is 1. The topological polar surface area (TPSA) is 0 Å². The third-order valence-corrected chi connectivity index (χ3v) is 3.57. The molecule has 0 aliphatic heterocycles. The van der Waals surface area contributed by atoms with Crippen LogP contribution in [0.25, 0.3) is 6.08 Å². The van der Waals surface area contributed by atoms with E-state index in [4.69, 9.17) is 0 Å². The van der Waals surface area contributed by atoms with Gasteiger partial charge < -0.3 is 0 Å². The summed E-state index contributed by atoms with van der Waals surface area (Å²) in [5.74, 6) is 0. The average Bonchev–Trinajstić information content (AvgIpc) is 2.42. The van der Waals surface area contributed by atoms with E-state index in [1.54, 1.807) is 6.08 Å². The molecule has 0 atom stereocenters. The maximum atomic E-state index is 12.1. The van der Waals surface area contributed by atoms with Gasteiger partial charge in [-0.15, -0.1) is 0 Å². The Morgan fingerprint density at radius 1 is 1.14 bits per heavy atom. The zero-order valence-corrected chi connectivity index (χ0v) is 8.85. The van der Waals surface area contributed by atoms with Gasteiger partial charge in [0.1, 0.15) is 0 Å². The first-order valence-electron chi connectivity index (χ1n) is 4.09. The van der Waals surface area contributed by atoms with Gasteiger partial charge in [0, 0.05) is 0 Å². The molecule has 0 saturated heterocycles. The fourth-order valence-corrected chi connectivity index (χ4v) is 2.95. The Bertz CT molecular complexity index is 379. The number of halogens is 3. The summed E-state index contributed by atoms with van der Waals surface area (Å²) in [6.45, 7) is 0. The van der Waals surface area contributed by atoms with Crippen molar-refractivity contribution in [2.75, 3.05) is 0 Å². The maximum absolute atomic E-state index is 12.1. The Balaban J connectivity index is 2.16. The molecule has 1 aliphatic carbocycles. The van der Waals surface area contributed by atoms with E-state index in [9.17, 15) is 13.2 Å². The molecule has 0 unspecified atom stereocenters. The summed E-state index contributed by atoms with van der Waals surface area (Å²) in [6.07, 6.45) is 2.14. The second-order valence-corrected chi connectivity index (χ2v) is 5.53. The average molecular weight is 263 g/mol. The van der Waals surface area contributed by atoms with Crippen LogP contribution in [-0.4, -0.2) is 20.0 Å². The van der Waals surface area contributed by atoms with E-state index in [1.165, 1.54) is 0 Å². The molecule has 1 aromatic carbocycles. The monoisotopic (exact) mass is 264 g/mol. The number of benzene rings is 1. The molecule has 0 radical (unpaired) electrons. The molecule has 1 aliphatic rings. The number of hydrogen-bond donors (Lipinski definition) is 0. The molecule has 0 aromatic heterocycles. The summed E-state index contributed by atoms with van der Waals surface area (Å²) in [7, 11) is 0. The molecule has 74 valence electrons. The van der Waals surface area contributed by atoms with Crippen LogP contribution in [0.4, 0.5) is 13.2 Å². The van der Waals surface area contributed by atoms with Crippen LogP contribution in [0.2, 0.25) is 0 Å². The van der Waals surface area contributed by atoms with Crippen LogP contribution in [0, 0.1) is 0 Å². The minimum absolute atomic E-state index is 0.468. The molecule has 0 nitrogen and oxygen atoms in total. The molecule has 0 bridgehead atoms. The van der Waals surface area contributed by atoms with Gasteiger partial charge in [0.2, 0.25) is 0 Å². The minimum atomic E-state index is -4.03. The Kier molecular flexibility index (Phi) is 2.41. The molecule has 14 heavy (non-hydrogen) atoms. The van der Waals surface area contributed by atoms with Crippen molar-refractivity contribution in [3.8, 4) is 0 Å². The van der Waals surface area contributed by atoms with Crippen molar-refractivity contribution in [2.24, 2.45) is 0 Å². The van der Waals surface area contributed by atoms with E-state index in [0.717, 1.165) is 11.1 Å². The summed E-state index contributed by atoms with van der Waals surface area (Å²) < 4.78 is 36.9. The van der Waals surface area contributed by atoms with Crippen LogP contribution in [0.3, 0.4) is 0 Å². The molecule has 2 rings (SSSR count). The molecule has 1 aromatic rings. The summed E-state index contributed by atoms with van der Waals surface area (Å²) >= 11 is -1.37. The molecular weight excluding hydrogens is 256 g/mol. The van der Waals surface area contributed by atoms with Gasteiger partial charge in [-0.25, -0.2) is 0 Å². The van der Waals surface area contributed by atoms with Crippen molar-refractivity contribution >= 4 is 21.0 Å². The molecule has 0 N–H and O–H groups in total. The second-order valence-electron chi connectivity index (χ2n) is 3.03. The zero-order chi connectivity index (χ0) is 10.2. The van der Waals surface area contributed by atoms with E-state index >= 15 is 0 Å². The van der Waals surface area contributed by atoms with Crippen molar-refractivity contribution in [3.05, 3.63) is 39.9 Å². The van der Waals surface area contributed by atoms with E-state index in [1.807, 2.05) is 24.3 Å². The zero-order valence-electron chi connectivity index (χ0n) is 7.14. The van der Waals surface area contributed by atoms with E-state index < -0.39 is 20.0 Å². The predicted molar refractivity (Wildman–Crippen MR) is 49.9 cm³/mol. The quantitative estimate of drug-likeness (QED) is 0.683. The number of allylic oxidation sites excluding steroid dienone is 1. The third-order valence-electron chi connectivity index (χ3n) is 1.98. The van der Waals surface area contributed by atoms with Gasteiger partial charge in [-0.2, -0.15) is 0 Å². The fourth-order valence-electron chi connectivity index (χ4n) is 1.46. The molecule has 0 spiro atoms. The van der Waals surface area contributed by atoms with Gasteiger partial charge in [-0.05, 0) is 0 Å². The van der Waals surface area contributed by atoms with Gasteiger partial charge >= 0.3 is 85.6 Å². The summed E-state index contributed by atoms with van der Waals surface area (Å²) in [6, 6.07) is 7.44.